The Balaban J connectivity index is 1.87. The average molecular weight is 321 g/mol. The smallest absolute Gasteiger partial charge is 0.0865 e. The van der Waals surface area contributed by atoms with E-state index in [0.717, 1.165) is 35.5 Å². The van der Waals surface area contributed by atoms with Crippen molar-refractivity contribution in [2.75, 3.05) is 20.8 Å². The number of rotatable bonds is 5. The van der Waals surface area contributed by atoms with Gasteiger partial charge in [0, 0.05) is 20.1 Å². The van der Waals surface area contributed by atoms with Crippen molar-refractivity contribution in [3.05, 3.63) is 0 Å². The summed E-state index contributed by atoms with van der Waals surface area (Å²) in [6.45, 7) is 5.64. The second-order valence-corrected chi connectivity index (χ2v) is 8.32. The van der Waals surface area contributed by atoms with E-state index in [4.69, 9.17) is 4.74 Å². The zero-order valence-electron chi connectivity index (χ0n) is 15.6. The summed E-state index contributed by atoms with van der Waals surface area (Å²) < 4.78 is 5.48. The molecule has 0 saturated heterocycles. The van der Waals surface area contributed by atoms with E-state index in [2.05, 4.69) is 24.4 Å². The predicted molar refractivity (Wildman–Crippen MR) is 96.5 cm³/mol. The van der Waals surface area contributed by atoms with Gasteiger partial charge in [-0.05, 0) is 67.6 Å². The largest absolute Gasteiger partial charge is 0.379 e. The summed E-state index contributed by atoms with van der Waals surface area (Å²) in [5.41, 5.74) is 4.30. The van der Waals surface area contributed by atoms with Crippen LogP contribution in [0.15, 0.2) is 5.10 Å². The molecule has 0 heterocycles. The van der Waals surface area contributed by atoms with Gasteiger partial charge in [-0.2, -0.15) is 5.10 Å². The standard InChI is InChI=1S/C20H36N2O/c1-5-14-8-11-17-16(18(12-23-4)22-21-3)10-9-15-7-6-13(2)19(14)20(15)17/h13-17,19-21H,5-12H2,1-4H3/b22-18+. The van der Waals surface area contributed by atoms with Crippen LogP contribution in [0.1, 0.15) is 58.8 Å². The molecule has 1 N–H and O–H groups in total. The molecule has 0 amide bonds. The van der Waals surface area contributed by atoms with E-state index in [9.17, 15) is 0 Å². The van der Waals surface area contributed by atoms with Crippen LogP contribution in [-0.4, -0.2) is 26.5 Å². The van der Waals surface area contributed by atoms with Crippen LogP contribution in [0, 0.1) is 41.4 Å². The van der Waals surface area contributed by atoms with Crippen LogP contribution >= 0.6 is 0 Å². The molecule has 3 nitrogen and oxygen atoms in total. The van der Waals surface area contributed by atoms with E-state index >= 15 is 0 Å². The molecule has 132 valence electrons. The minimum absolute atomic E-state index is 0.647. The van der Waals surface area contributed by atoms with Crippen LogP contribution in [0.5, 0.6) is 0 Å². The fraction of sp³-hybridized carbons (Fsp3) is 0.950. The quantitative estimate of drug-likeness (QED) is 0.604. The number of hydrogen-bond acceptors (Lipinski definition) is 3. The second-order valence-electron chi connectivity index (χ2n) is 8.32. The van der Waals surface area contributed by atoms with Crippen molar-refractivity contribution < 1.29 is 4.74 Å². The first kappa shape index (κ1) is 17.3. The molecule has 23 heavy (non-hydrogen) atoms. The van der Waals surface area contributed by atoms with Crippen molar-refractivity contribution in [3.8, 4) is 0 Å². The van der Waals surface area contributed by atoms with Crippen LogP contribution in [0.4, 0.5) is 0 Å². The zero-order chi connectivity index (χ0) is 16.4. The van der Waals surface area contributed by atoms with Crippen molar-refractivity contribution in [2.24, 2.45) is 46.5 Å². The Hall–Kier alpha value is -0.570. The number of hydrazone groups is 1. The van der Waals surface area contributed by atoms with Gasteiger partial charge in [0.15, 0.2) is 0 Å². The minimum Gasteiger partial charge on any atom is -0.379 e. The van der Waals surface area contributed by atoms with Crippen molar-refractivity contribution in [2.45, 2.75) is 58.8 Å². The molecule has 0 bridgehead atoms. The number of nitrogens with zero attached hydrogens (tertiary/aromatic N) is 1. The molecule has 0 radical (unpaired) electrons. The summed E-state index contributed by atoms with van der Waals surface area (Å²) in [4.78, 5) is 0. The topological polar surface area (TPSA) is 33.6 Å². The molecule has 0 aromatic carbocycles. The molecule has 3 fully saturated rings. The molecule has 7 atom stereocenters. The molecule has 0 aromatic rings. The van der Waals surface area contributed by atoms with Crippen molar-refractivity contribution in [3.63, 3.8) is 0 Å². The van der Waals surface area contributed by atoms with E-state index in [0.29, 0.717) is 12.5 Å². The second kappa shape index (κ2) is 7.55. The highest BCUT2D eigenvalue weighted by atomic mass is 16.5. The average Bonchev–Trinajstić information content (AvgIpc) is 2.57. The van der Waals surface area contributed by atoms with E-state index in [1.54, 1.807) is 7.11 Å². The van der Waals surface area contributed by atoms with Crippen LogP contribution < -0.4 is 5.43 Å². The molecular weight excluding hydrogens is 284 g/mol. The van der Waals surface area contributed by atoms with Gasteiger partial charge in [-0.3, -0.25) is 0 Å². The van der Waals surface area contributed by atoms with Gasteiger partial charge in [-0.15, -0.1) is 0 Å². The van der Waals surface area contributed by atoms with Gasteiger partial charge in [0.25, 0.3) is 0 Å². The van der Waals surface area contributed by atoms with Gasteiger partial charge < -0.3 is 10.2 Å². The van der Waals surface area contributed by atoms with Crippen molar-refractivity contribution in [1.29, 1.82) is 0 Å². The highest BCUT2D eigenvalue weighted by Gasteiger charge is 2.52. The lowest BCUT2D eigenvalue weighted by Crippen LogP contribution is -2.51. The van der Waals surface area contributed by atoms with E-state index < -0.39 is 0 Å². The molecule has 3 heteroatoms. The van der Waals surface area contributed by atoms with Gasteiger partial charge in [0.1, 0.15) is 0 Å². The first-order valence-electron chi connectivity index (χ1n) is 9.93. The molecule has 3 aliphatic rings. The van der Waals surface area contributed by atoms with Gasteiger partial charge in [0.05, 0.1) is 12.3 Å². The molecule has 0 aliphatic heterocycles. The van der Waals surface area contributed by atoms with E-state index in [1.165, 1.54) is 50.7 Å². The van der Waals surface area contributed by atoms with Gasteiger partial charge in [-0.25, -0.2) is 0 Å². The van der Waals surface area contributed by atoms with E-state index in [-0.39, 0.29) is 0 Å². The molecule has 3 rings (SSSR count). The summed E-state index contributed by atoms with van der Waals surface area (Å²) in [7, 11) is 3.72. The highest BCUT2D eigenvalue weighted by Crippen LogP contribution is 2.58. The summed E-state index contributed by atoms with van der Waals surface area (Å²) in [6.07, 6.45) is 9.92. The highest BCUT2D eigenvalue weighted by molar-refractivity contribution is 5.88. The van der Waals surface area contributed by atoms with Crippen LogP contribution in [-0.2, 0) is 4.74 Å². The first-order chi connectivity index (χ1) is 11.2. The van der Waals surface area contributed by atoms with Crippen LogP contribution in [0.2, 0.25) is 0 Å². The van der Waals surface area contributed by atoms with Crippen LogP contribution in [0.25, 0.3) is 0 Å². The third kappa shape index (κ3) is 3.18. The lowest BCUT2D eigenvalue weighted by molar-refractivity contribution is -0.0649. The van der Waals surface area contributed by atoms with Gasteiger partial charge >= 0.3 is 0 Å². The normalized spacial score (nSPS) is 43.8. The third-order valence-corrected chi connectivity index (χ3v) is 7.41. The molecule has 7 unspecified atom stereocenters. The SMILES string of the molecule is CCC1CCC2C(/C(COC)=N/NC)CCC3CCC(C)C1C32. The van der Waals surface area contributed by atoms with Crippen LogP contribution in [0.3, 0.4) is 0 Å². The molecular formula is C20H36N2O. The van der Waals surface area contributed by atoms with Gasteiger partial charge in [0.2, 0.25) is 0 Å². The van der Waals surface area contributed by atoms with Crippen molar-refractivity contribution >= 4 is 5.71 Å². The fourth-order valence-electron chi connectivity index (χ4n) is 6.58. The number of hydrogen-bond donors (Lipinski definition) is 1. The Bertz CT molecular complexity index is 422. The lowest BCUT2D eigenvalue weighted by Gasteiger charge is -2.57. The Morgan fingerprint density at radius 2 is 1.87 bits per heavy atom. The van der Waals surface area contributed by atoms with Gasteiger partial charge in [-0.1, -0.05) is 26.7 Å². The summed E-state index contributed by atoms with van der Waals surface area (Å²) in [5, 5.41) is 4.62. The lowest BCUT2D eigenvalue weighted by atomic mass is 9.48. The Morgan fingerprint density at radius 1 is 1.09 bits per heavy atom. The van der Waals surface area contributed by atoms with Crippen molar-refractivity contribution in [1.82, 2.24) is 5.43 Å². The maximum Gasteiger partial charge on any atom is 0.0865 e. The Labute approximate surface area is 142 Å². The number of nitrogens with one attached hydrogen (secondary N) is 1. The molecule has 0 spiro atoms. The third-order valence-electron chi connectivity index (χ3n) is 7.41. The molecule has 0 aromatic heterocycles. The maximum atomic E-state index is 5.48. The summed E-state index contributed by atoms with van der Waals surface area (Å²) >= 11 is 0. The maximum absolute atomic E-state index is 5.48. The Kier molecular flexibility index (Phi) is 5.66. The molecule has 3 aliphatic carbocycles. The predicted octanol–water partition coefficient (Wildman–Crippen LogP) is 4.33. The first-order valence-corrected chi connectivity index (χ1v) is 9.93. The summed E-state index contributed by atoms with van der Waals surface area (Å²) in [6, 6.07) is 0. The number of methoxy groups -OCH3 is 1. The summed E-state index contributed by atoms with van der Waals surface area (Å²) in [5.74, 6) is 6.31. The Morgan fingerprint density at radius 3 is 2.57 bits per heavy atom. The fourth-order valence-corrected chi connectivity index (χ4v) is 6.58. The monoisotopic (exact) mass is 320 g/mol. The minimum atomic E-state index is 0.647. The molecule has 3 saturated carbocycles. The number of ether oxygens (including phenoxy) is 1. The zero-order valence-corrected chi connectivity index (χ0v) is 15.6. The van der Waals surface area contributed by atoms with E-state index in [1.807, 2.05) is 7.05 Å².